The number of hydrogen-bond donors (Lipinski definition) is 1. The van der Waals surface area contributed by atoms with Crippen molar-refractivity contribution in [3.63, 3.8) is 0 Å². The Labute approximate surface area is 127 Å². The van der Waals surface area contributed by atoms with Crippen molar-refractivity contribution in [1.29, 1.82) is 0 Å². The molecule has 18 heavy (non-hydrogen) atoms. The van der Waals surface area contributed by atoms with Crippen LogP contribution in [-0.4, -0.2) is 20.0 Å². The maximum Gasteiger partial charge on any atom is 1.00 e. The van der Waals surface area contributed by atoms with E-state index < -0.39 is 20.8 Å². The van der Waals surface area contributed by atoms with Gasteiger partial charge in [0.05, 0.1) is 0 Å². The van der Waals surface area contributed by atoms with E-state index in [4.69, 9.17) is 0 Å². The number of phenolic OH excluding ortho intramolecular Hbond substituents is 1. The van der Waals surface area contributed by atoms with Gasteiger partial charge in [0.2, 0.25) is 0 Å². The fourth-order valence-corrected chi connectivity index (χ4v) is 2.57. The number of aromatic hydroxyl groups is 1. The van der Waals surface area contributed by atoms with Crippen LogP contribution in [0.4, 0.5) is 0 Å². The maximum atomic E-state index is 11.7. The minimum atomic E-state index is -4.29. The van der Waals surface area contributed by atoms with Crippen molar-refractivity contribution >= 4 is 27.4 Å². The fourth-order valence-electron chi connectivity index (χ4n) is 1.59. The number of carbonyl (C=O) groups is 1. The molecule has 90 valence electrons. The zero-order valence-electron chi connectivity index (χ0n) is 10.5. The summed E-state index contributed by atoms with van der Waals surface area (Å²) in [6.45, 7) is -0.184. The largest absolute Gasteiger partial charge is 1.00 e. The first kappa shape index (κ1) is 15.0. The molecule has 7 heteroatoms. The minimum absolute atomic E-state index is 0. The number of fused-ring (bicyclic) bond motifs is 1. The van der Waals surface area contributed by atoms with Crippen molar-refractivity contribution in [3.8, 4) is 5.75 Å². The van der Waals surface area contributed by atoms with Gasteiger partial charge in [0.25, 0.3) is 0 Å². The van der Waals surface area contributed by atoms with E-state index in [0.29, 0.717) is 10.8 Å². The van der Waals surface area contributed by atoms with Gasteiger partial charge in [-0.3, -0.25) is 4.79 Å². The maximum absolute atomic E-state index is 11.7. The molecule has 0 fully saturated rings. The molecule has 0 aliphatic heterocycles. The van der Waals surface area contributed by atoms with E-state index in [1.165, 1.54) is 12.1 Å². The van der Waals surface area contributed by atoms with Crippen LogP contribution in [0.5, 0.6) is 5.75 Å². The van der Waals surface area contributed by atoms with E-state index in [9.17, 15) is 18.3 Å². The van der Waals surface area contributed by atoms with E-state index in [2.05, 4.69) is 4.18 Å². The van der Waals surface area contributed by atoms with Gasteiger partial charge < -0.3 is 10.7 Å². The van der Waals surface area contributed by atoms with Crippen molar-refractivity contribution in [2.24, 2.45) is 0 Å². The SMILES string of the molecule is O=COS(=O)(=O)c1c(O)ccc2ccccc12.[H-].[Na+]. The first-order valence-electron chi connectivity index (χ1n) is 4.64. The average molecular weight is 276 g/mol. The van der Waals surface area contributed by atoms with Crippen LogP contribution < -0.4 is 29.6 Å². The van der Waals surface area contributed by atoms with Crippen LogP contribution >= 0.6 is 0 Å². The van der Waals surface area contributed by atoms with Gasteiger partial charge in [-0.15, -0.1) is 0 Å². The van der Waals surface area contributed by atoms with Crippen LogP contribution in [0.15, 0.2) is 41.3 Å². The molecular formula is C11H9NaO5S. The Kier molecular flexibility index (Phi) is 4.75. The first-order chi connectivity index (χ1) is 8.06. The average Bonchev–Trinajstić information content (AvgIpc) is 2.28. The van der Waals surface area contributed by atoms with Crippen LogP contribution in [0.25, 0.3) is 10.8 Å². The van der Waals surface area contributed by atoms with Crippen LogP contribution in [-0.2, 0) is 19.1 Å². The summed E-state index contributed by atoms with van der Waals surface area (Å²) in [5, 5.41) is 10.5. The number of benzene rings is 2. The molecule has 0 aliphatic rings. The summed E-state index contributed by atoms with van der Waals surface area (Å²) in [6, 6.07) is 9.39. The van der Waals surface area contributed by atoms with Gasteiger partial charge >= 0.3 is 46.1 Å². The molecule has 1 N–H and O–H groups in total. The zero-order chi connectivity index (χ0) is 12.5. The predicted molar refractivity (Wildman–Crippen MR) is 61.1 cm³/mol. The summed E-state index contributed by atoms with van der Waals surface area (Å²) in [7, 11) is -4.29. The number of carbonyl (C=O) groups excluding carboxylic acids is 1. The number of rotatable bonds is 3. The molecule has 2 aromatic rings. The Morgan fingerprint density at radius 1 is 1.17 bits per heavy atom. The minimum Gasteiger partial charge on any atom is -1.00 e. The molecule has 0 unspecified atom stereocenters. The van der Waals surface area contributed by atoms with Crippen LogP contribution in [0.1, 0.15) is 1.43 Å². The van der Waals surface area contributed by atoms with Gasteiger partial charge in [-0.1, -0.05) is 30.3 Å². The van der Waals surface area contributed by atoms with Crippen molar-refractivity contribution in [2.75, 3.05) is 0 Å². The van der Waals surface area contributed by atoms with Gasteiger partial charge in [-0.2, -0.15) is 8.42 Å². The predicted octanol–water partition coefficient (Wildman–Crippen LogP) is -1.48. The second kappa shape index (κ2) is 5.71. The molecule has 0 atom stereocenters. The van der Waals surface area contributed by atoms with E-state index in [0.717, 1.165) is 0 Å². The first-order valence-corrected chi connectivity index (χ1v) is 6.05. The summed E-state index contributed by atoms with van der Waals surface area (Å²) in [6.07, 6.45) is 0. The van der Waals surface area contributed by atoms with Gasteiger partial charge in [0, 0.05) is 5.39 Å². The van der Waals surface area contributed by atoms with Crippen molar-refractivity contribution < 1.29 is 53.5 Å². The molecule has 0 saturated carbocycles. The third-order valence-electron chi connectivity index (χ3n) is 2.27. The molecule has 5 nitrogen and oxygen atoms in total. The molecule has 2 rings (SSSR count). The topological polar surface area (TPSA) is 80.7 Å². The van der Waals surface area contributed by atoms with Crippen molar-refractivity contribution in [2.45, 2.75) is 4.90 Å². The quantitative estimate of drug-likeness (QED) is 0.420. The number of hydrogen-bond acceptors (Lipinski definition) is 5. The van der Waals surface area contributed by atoms with Gasteiger partial charge in [-0.05, 0) is 11.5 Å². The number of phenols is 1. The Morgan fingerprint density at radius 3 is 2.50 bits per heavy atom. The third-order valence-corrected chi connectivity index (χ3v) is 3.54. The summed E-state index contributed by atoms with van der Waals surface area (Å²) in [4.78, 5) is 9.76. The molecular weight excluding hydrogens is 267 g/mol. The smallest absolute Gasteiger partial charge is 1.00 e. The molecule has 2 aromatic carbocycles. The normalized spacial score (nSPS) is 10.7. The van der Waals surface area contributed by atoms with Gasteiger partial charge in [0.15, 0.2) is 4.90 Å². The Hall–Kier alpha value is -1.08. The third kappa shape index (κ3) is 2.67. The van der Waals surface area contributed by atoms with Crippen LogP contribution in [0.3, 0.4) is 0 Å². The van der Waals surface area contributed by atoms with E-state index in [-0.39, 0.29) is 37.5 Å². The summed E-state index contributed by atoms with van der Waals surface area (Å²) in [5.74, 6) is -0.453. The molecule has 0 amide bonds. The molecule has 0 spiro atoms. The Balaban J connectivity index is 0.00000162. The summed E-state index contributed by atoms with van der Waals surface area (Å²) in [5.41, 5.74) is 0. The fraction of sp³-hybridized carbons (Fsp3) is 0. The Morgan fingerprint density at radius 2 is 1.83 bits per heavy atom. The van der Waals surface area contributed by atoms with Crippen LogP contribution in [0, 0.1) is 0 Å². The molecule has 0 radical (unpaired) electrons. The van der Waals surface area contributed by atoms with Crippen LogP contribution in [0.2, 0.25) is 0 Å². The summed E-state index contributed by atoms with van der Waals surface area (Å²) < 4.78 is 27.3. The molecule has 0 saturated heterocycles. The second-order valence-corrected chi connectivity index (χ2v) is 4.79. The standard InChI is InChI=1S/C11H8O5S.Na.H/c12-7-16-17(14,15)11-9-4-2-1-3-8(9)5-6-10(11)13;;/h1-7,13H;;/q;+1;-1. The van der Waals surface area contributed by atoms with Crippen molar-refractivity contribution in [3.05, 3.63) is 36.4 Å². The van der Waals surface area contributed by atoms with Gasteiger partial charge in [-0.25, -0.2) is 0 Å². The monoisotopic (exact) mass is 276 g/mol. The molecule has 0 heterocycles. The van der Waals surface area contributed by atoms with E-state index >= 15 is 0 Å². The van der Waals surface area contributed by atoms with Gasteiger partial charge in [0.1, 0.15) is 5.75 Å². The van der Waals surface area contributed by atoms with E-state index in [1.807, 2.05) is 0 Å². The Bertz CT molecular complexity index is 687. The zero-order valence-corrected chi connectivity index (χ0v) is 12.3. The molecule has 0 aromatic heterocycles. The second-order valence-electron chi connectivity index (χ2n) is 3.28. The molecule has 0 bridgehead atoms. The summed E-state index contributed by atoms with van der Waals surface area (Å²) >= 11 is 0. The van der Waals surface area contributed by atoms with Crippen molar-refractivity contribution in [1.82, 2.24) is 0 Å². The van der Waals surface area contributed by atoms with E-state index in [1.54, 1.807) is 24.3 Å². The molecule has 0 aliphatic carbocycles.